The van der Waals surface area contributed by atoms with E-state index in [-0.39, 0.29) is 5.78 Å². The van der Waals surface area contributed by atoms with Gasteiger partial charge in [0.15, 0.2) is 5.78 Å². The number of para-hydroxylation sites is 1. The van der Waals surface area contributed by atoms with Crippen LogP contribution in [-0.2, 0) is 0 Å². The summed E-state index contributed by atoms with van der Waals surface area (Å²) in [6.07, 6.45) is 3.14. The second-order valence-corrected chi connectivity index (χ2v) is 2.94. The molecule has 1 aromatic heterocycles. The Morgan fingerprint density at radius 3 is 2.50 bits per heavy atom. The fourth-order valence-corrected chi connectivity index (χ4v) is 1.32. The van der Waals surface area contributed by atoms with Crippen molar-refractivity contribution in [2.24, 2.45) is 0 Å². The molecule has 0 bridgehead atoms. The zero-order valence-corrected chi connectivity index (χ0v) is 7.71. The maximum Gasteiger partial charge on any atom is 0.161 e. The molecule has 0 saturated heterocycles. The number of nitrogens with zero attached hydrogens (tertiary/aromatic N) is 3. The van der Waals surface area contributed by atoms with E-state index in [9.17, 15) is 4.79 Å². The highest BCUT2D eigenvalue weighted by Crippen LogP contribution is 2.13. The summed E-state index contributed by atoms with van der Waals surface area (Å²) in [6.45, 7) is 1.54. The van der Waals surface area contributed by atoms with Crippen LogP contribution in [0, 0.1) is 0 Å². The van der Waals surface area contributed by atoms with E-state index in [0.717, 1.165) is 5.69 Å². The van der Waals surface area contributed by atoms with Gasteiger partial charge in [-0.2, -0.15) is 0 Å². The standard InChI is InChI=1S/C10H9N3O/c1-8(14)9-4-2-3-5-10(9)13-6-11-12-7-13/h2-7H,1H3. The van der Waals surface area contributed by atoms with Gasteiger partial charge in [-0.1, -0.05) is 12.1 Å². The predicted molar refractivity (Wildman–Crippen MR) is 51.4 cm³/mol. The Morgan fingerprint density at radius 2 is 1.86 bits per heavy atom. The van der Waals surface area contributed by atoms with Gasteiger partial charge in [0.2, 0.25) is 0 Å². The van der Waals surface area contributed by atoms with E-state index in [1.807, 2.05) is 18.2 Å². The Labute approximate surface area is 81.2 Å². The summed E-state index contributed by atoms with van der Waals surface area (Å²) in [4.78, 5) is 11.3. The molecule has 0 aliphatic heterocycles. The Morgan fingerprint density at radius 1 is 1.21 bits per heavy atom. The van der Waals surface area contributed by atoms with Crippen molar-refractivity contribution in [2.75, 3.05) is 0 Å². The van der Waals surface area contributed by atoms with Gasteiger partial charge in [0.1, 0.15) is 12.7 Å². The lowest BCUT2D eigenvalue weighted by atomic mass is 10.1. The number of aromatic nitrogens is 3. The molecule has 2 aromatic rings. The monoisotopic (exact) mass is 187 g/mol. The van der Waals surface area contributed by atoms with Crippen LogP contribution in [0.15, 0.2) is 36.9 Å². The molecule has 2 rings (SSSR count). The third-order valence-electron chi connectivity index (χ3n) is 1.98. The number of rotatable bonds is 2. The Balaban J connectivity index is 2.58. The lowest BCUT2D eigenvalue weighted by molar-refractivity contribution is 0.101. The average molecular weight is 187 g/mol. The average Bonchev–Trinajstić information content (AvgIpc) is 2.70. The van der Waals surface area contributed by atoms with Gasteiger partial charge in [-0.3, -0.25) is 9.36 Å². The molecular weight excluding hydrogens is 178 g/mol. The summed E-state index contributed by atoms with van der Waals surface area (Å²) in [5, 5.41) is 7.40. The highest BCUT2D eigenvalue weighted by atomic mass is 16.1. The molecule has 0 radical (unpaired) electrons. The van der Waals surface area contributed by atoms with Crippen LogP contribution in [0.2, 0.25) is 0 Å². The van der Waals surface area contributed by atoms with E-state index < -0.39 is 0 Å². The number of Topliss-reactive ketones (excluding diaryl/α,β-unsaturated/α-hetero) is 1. The molecule has 1 heterocycles. The molecule has 0 spiro atoms. The minimum absolute atomic E-state index is 0.0364. The second-order valence-electron chi connectivity index (χ2n) is 2.94. The zero-order chi connectivity index (χ0) is 9.97. The molecule has 0 saturated carbocycles. The predicted octanol–water partition coefficient (Wildman–Crippen LogP) is 1.47. The van der Waals surface area contributed by atoms with Crippen molar-refractivity contribution in [1.82, 2.24) is 14.8 Å². The molecule has 0 N–H and O–H groups in total. The molecule has 0 unspecified atom stereocenters. The molecule has 4 heteroatoms. The Bertz CT molecular complexity index is 448. The molecule has 14 heavy (non-hydrogen) atoms. The fraction of sp³-hybridized carbons (Fsp3) is 0.100. The van der Waals surface area contributed by atoms with Crippen molar-refractivity contribution in [3.05, 3.63) is 42.5 Å². The molecule has 0 fully saturated rings. The third kappa shape index (κ3) is 1.42. The SMILES string of the molecule is CC(=O)c1ccccc1-n1cnnc1. The van der Waals surface area contributed by atoms with E-state index in [1.165, 1.54) is 0 Å². The van der Waals surface area contributed by atoms with Crippen LogP contribution in [0.1, 0.15) is 17.3 Å². The Kier molecular flexibility index (Phi) is 2.10. The van der Waals surface area contributed by atoms with Crippen LogP contribution in [0.5, 0.6) is 0 Å². The van der Waals surface area contributed by atoms with Crippen LogP contribution < -0.4 is 0 Å². The molecule has 0 atom stereocenters. The Hall–Kier alpha value is -1.97. The lowest BCUT2D eigenvalue weighted by Gasteiger charge is -2.05. The van der Waals surface area contributed by atoms with Crippen LogP contribution in [0.25, 0.3) is 5.69 Å². The van der Waals surface area contributed by atoms with E-state index in [4.69, 9.17) is 0 Å². The van der Waals surface area contributed by atoms with Gasteiger partial charge in [0.05, 0.1) is 5.69 Å². The number of benzene rings is 1. The summed E-state index contributed by atoms with van der Waals surface area (Å²) in [5.74, 6) is 0.0364. The first kappa shape index (κ1) is 8.62. The lowest BCUT2D eigenvalue weighted by Crippen LogP contribution is -2.01. The van der Waals surface area contributed by atoms with E-state index in [2.05, 4.69) is 10.2 Å². The van der Waals surface area contributed by atoms with Crippen molar-refractivity contribution < 1.29 is 4.79 Å². The van der Waals surface area contributed by atoms with Gasteiger partial charge in [0, 0.05) is 5.56 Å². The van der Waals surface area contributed by atoms with Gasteiger partial charge in [0.25, 0.3) is 0 Å². The van der Waals surface area contributed by atoms with Gasteiger partial charge >= 0.3 is 0 Å². The van der Waals surface area contributed by atoms with Crippen molar-refractivity contribution in [1.29, 1.82) is 0 Å². The first-order chi connectivity index (χ1) is 6.79. The molecule has 4 nitrogen and oxygen atoms in total. The minimum Gasteiger partial charge on any atom is -0.294 e. The maximum atomic E-state index is 11.3. The molecule has 0 amide bonds. The largest absolute Gasteiger partial charge is 0.294 e. The smallest absolute Gasteiger partial charge is 0.161 e. The highest BCUT2D eigenvalue weighted by molar-refractivity contribution is 5.97. The van der Waals surface area contributed by atoms with Crippen LogP contribution in [-0.4, -0.2) is 20.5 Å². The summed E-state index contributed by atoms with van der Waals surface area (Å²) >= 11 is 0. The summed E-state index contributed by atoms with van der Waals surface area (Å²) in [5.41, 5.74) is 1.48. The first-order valence-electron chi connectivity index (χ1n) is 4.24. The summed E-state index contributed by atoms with van der Waals surface area (Å²) in [6, 6.07) is 7.37. The normalized spacial score (nSPS) is 10.1. The van der Waals surface area contributed by atoms with Gasteiger partial charge < -0.3 is 0 Å². The maximum absolute atomic E-state index is 11.3. The van der Waals surface area contributed by atoms with Crippen molar-refractivity contribution in [3.63, 3.8) is 0 Å². The quantitative estimate of drug-likeness (QED) is 0.669. The second kappa shape index (κ2) is 3.41. The minimum atomic E-state index is 0.0364. The van der Waals surface area contributed by atoms with Crippen molar-refractivity contribution in [3.8, 4) is 5.69 Å². The molecule has 70 valence electrons. The number of hydrogen-bond acceptors (Lipinski definition) is 3. The number of carbonyl (C=O) groups excluding carboxylic acids is 1. The van der Waals surface area contributed by atoms with Crippen LogP contribution >= 0.6 is 0 Å². The highest BCUT2D eigenvalue weighted by Gasteiger charge is 2.06. The van der Waals surface area contributed by atoms with Crippen molar-refractivity contribution in [2.45, 2.75) is 6.92 Å². The number of carbonyl (C=O) groups is 1. The van der Waals surface area contributed by atoms with E-state index >= 15 is 0 Å². The van der Waals surface area contributed by atoms with E-state index in [1.54, 1.807) is 30.2 Å². The molecule has 0 aliphatic rings. The third-order valence-corrected chi connectivity index (χ3v) is 1.98. The first-order valence-corrected chi connectivity index (χ1v) is 4.24. The van der Waals surface area contributed by atoms with Gasteiger partial charge in [-0.15, -0.1) is 10.2 Å². The van der Waals surface area contributed by atoms with Gasteiger partial charge in [-0.25, -0.2) is 0 Å². The van der Waals surface area contributed by atoms with E-state index in [0.29, 0.717) is 5.56 Å². The molecule has 0 aliphatic carbocycles. The molecular formula is C10H9N3O. The number of hydrogen-bond donors (Lipinski definition) is 0. The fourth-order valence-electron chi connectivity index (χ4n) is 1.32. The molecule has 1 aromatic carbocycles. The van der Waals surface area contributed by atoms with Crippen LogP contribution in [0.4, 0.5) is 0 Å². The van der Waals surface area contributed by atoms with Crippen LogP contribution in [0.3, 0.4) is 0 Å². The van der Waals surface area contributed by atoms with Gasteiger partial charge in [-0.05, 0) is 19.1 Å². The number of ketones is 1. The zero-order valence-electron chi connectivity index (χ0n) is 7.71. The summed E-state index contributed by atoms with van der Waals surface area (Å²) in [7, 11) is 0. The summed E-state index contributed by atoms with van der Waals surface area (Å²) < 4.78 is 1.72. The topological polar surface area (TPSA) is 47.8 Å². The van der Waals surface area contributed by atoms with Crippen molar-refractivity contribution >= 4 is 5.78 Å².